The summed E-state index contributed by atoms with van der Waals surface area (Å²) >= 11 is 0. The third kappa shape index (κ3) is 11.7. The van der Waals surface area contributed by atoms with Crippen LogP contribution < -0.4 is 0 Å². The van der Waals surface area contributed by atoms with Crippen LogP contribution in [0.1, 0.15) is 102 Å². The van der Waals surface area contributed by atoms with Crippen LogP contribution in [0.4, 0.5) is 0 Å². The first-order valence-corrected chi connectivity index (χ1v) is 17.9. The Morgan fingerprint density at radius 3 is 2.09 bits per heavy atom. The monoisotopic (exact) mass is 624 g/mol. The number of unbranched alkanes of at least 4 members (excludes halogenated alkanes) is 2. The Hall–Kier alpha value is -1.87. The van der Waals surface area contributed by atoms with Crippen LogP contribution in [-0.2, 0) is 39.6 Å². The van der Waals surface area contributed by atoms with Crippen LogP contribution >= 0.6 is 0 Å². The second-order valence-corrected chi connectivity index (χ2v) is 13.1. The lowest BCUT2D eigenvalue weighted by atomic mass is 9.89. The largest absolute Gasteiger partial charge is 0.353 e. The zero-order valence-electron chi connectivity index (χ0n) is 27.2. The van der Waals surface area contributed by atoms with Crippen LogP contribution in [0.25, 0.3) is 0 Å². The fourth-order valence-corrected chi connectivity index (χ4v) is 7.11. The van der Waals surface area contributed by atoms with Gasteiger partial charge in [-0.05, 0) is 101 Å². The molecule has 1 saturated carbocycles. The summed E-state index contributed by atoms with van der Waals surface area (Å²) < 4.78 is 38.2. The fraction of sp³-hybridized carbons (Fsp3) is 0.711. The van der Waals surface area contributed by atoms with Gasteiger partial charge in [0.2, 0.25) is 0 Å². The lowest BCUT2D eigenvalue weighted by Crippen LogP contribution is -2.31. The van der Waals surface area contributed by atoms with E-state index >= 15 is 0 Å². The molecule has 1 aromatic rings. The van der Waals surface area contributed by atoms with E-state index in [-0.39, 0.29) is 49.0 Å². The van der Waals surface area contributed by atoms with Crippen molar-refractivity contribution in [1.29, 1.82) is 0 Å². The molecule has 0 amide bonds. The van der Waals surface area contributed by atoms with Crippen LogP contribution in [0.15, 0.2) is 54.6 Å². The van der Waals surface area contributed by atoms with Crippen molar-refractivity contribution < 1.29 is 33.2 Å². The summed E-state index contributed by atoms with van der Waals surface area (Å²) in [6, 6.07) is 10.7. The van der Waals surface area contributed by atoms with E-state index in [2.05, 4.69) is 54.6 Å². The van der Waals surface area contributed by atoms with Crippen molar-refractivity contribution in [1.82, 2.24) is 0 Å². The van der Waals surface area contributed by atoms with Gasteiger partial charge in [-0.15, -0.1) is 0 Å². The summed E-state index contributed by atoms with van der Waals surface area (Å²) in [5.41, 5.74) is 1.32. The number of ether oxygens (including phenoxy) is 6. The molecule has 0 spiro atoms. The molecule has 0 aromatic heterocycles. The smallest absolute Gasteiger partial charge is 0.158 e. The number of carbonyl (C=O) groups excluding carboxylic acids is 1. The Labute approximate surface area is 271 Å². The van der Waals surface area contributed by atoms with Crippen molar-refractivity contribution in [2.75, 3.05) is 19.8 Å². The average molecular weight is 625 g/mol. The van der Waals surface area contributed by atoms with E-state index in [9.17, 15) is 4.79 Å². The van der Waals surface area contributed by atoms with Crippen molar-refractivity contribution in [2.24, 2.45) is 11.8 Å². The Kier molecular flexibility index (Phi) is 15.1. The summed E-state index contributed by atoms with van der Waals surface area (Å²) in [6.45, 7) is 2.29. The van der Waals surface area contributed by atoms with Gasteiger partial charge in [-0.3, -0.25) is 0 Å². The molecule has 4 aliphatic rings. The van der Waals surface area contributed by atoms with E-state index < -0.39 is 0 Å². The van der Waals surface area contributed by atoms with Gasteiger partial charge in [-0.1, -0.05) is 54.6 Å². The van der Waals surface area contributed by atoms with Gasteiger partial charge in [0.1, 0.15) is 6.29 Å². The number of aryl methyl sites for hydroxylation is 1. The van der Waals surface area contributed by atoms with E-state index in [1.165, 1.54) is 5.56 Å². The van der Waals surface area contributed by atoms with Gasteiger partial charge in [0.05, 0.1) is 18.3 Å². The molecular weight excluding hydrogens is 568 g/mol. The highest BCUT2D eigenvalue weighted by Crippen LogP contribution is 2.42. The molecule has 3 heterocycles. The highest BCUT2D eigenvalue weighted by atomic mass is 16.7. The number of rotatable bonds is 17. The van der Waals surface area contributed by atoms with Gasteiger partial charge in [0.15, 0.2) is 18.9 Å². The van der Waals surface area contributed by atoms with Crippen molar-refractivity contribution in [3.8, 4) is 0 Å². The van der Waals surface area contributed by atoms with Gasteiger partial charge in [-0.2, -0.15) is 0 Å². The van der Waals surface area contributed by atoms with E-state index in [1.54, 1.807) is 0 Å². The molecular formula is C38H56O7. The average Bonchev–Trinajstić information content (AvgIpc) is 3.40. The molecule has 8 atom stereocenters. The summed E-state index contributed by atoms with van der Waals surface area (Å²) in [5, 5.41) is 0. The molecule has 3 unspecified atom stereocenters. The second kappa shape index (κ2) is 19.7. The number of hydrogen-bond acceptors (Lipinski definition) is 7. The van der Waals surface area contributed by atoms with Crippen molar-refractivity contribution in [2.45, 2.75) is 140 Å². The number of aldehydes is 1. The predicted octanol–water partition coefficient (Wildman–Crippen LogP) is 7.86. The molecule has 1 aliphatic carbocycles. The molecule has 250 valence electrons. The van der Waals surface area contributed by atoms with E-state index in [1.807, 2.05) is 0 Å². The van der Waals surface area contributed by atoms with E-state index in [4.69, 9.17) is 28.4 Å². The number of benzene rings is 1. The molecule has 0 radical (unpaired) electrons. The van der Waals surface area contributed by atoms with Gasteiger partial charge in [-0.25, -0.2) is 0 Å². The van der Waals surface area contributed by atoms with Crippen molar-refractivity contribution in [3.05, 3.63) is 60.2 Å². The first kappa shape index (κ1) is 34.5. The highest BCUT2D eigenvalue weighted by molar-refractivity contribution is 5.49. The summed E-state index contributed by atoms with van der Waals surface area (Å²) in [5.74, 6) is 0.391. The maximum absolute atomic E-state index is 10.8. The summed E-state index contributed by atoms with van der Waals surface area (Å²) in [6.07, 6.45) is 25.2. The van der Waals surface area contributed by atoms with Crippen molar-refractivity contribution in [3.63, 3.8) is 0 Å². The van der Waals surface area contributed by atoms with E-state index in [0.29, 0.717) is 6.42 Å². The zero-order valence-corrected chi connectivity index (χ0v) is 27.2. The van der Waals surface area contributed by atoms with Crippen LogP contribution in [0.5, 0.6) is 0 Å². The minimum Gasteiger partial charge on any atom is -0.353 e. The van der Waals surface area contributed by atoms with Crippen LogP contribution in [-0.4, -0.2) is 63.3 Å². The number of allylic oxidation sites excluding steroid dienone is 2. The first-order valence-electron chi connectivity index (χ1n) is 17.9. The molecule has 0 N–H and O–H groups in total. The molecule has 3 saturated heterocycles. The highest BCUT2D eigenvalue weighted by Gasteiger charge is 2.45. The molecule has 4 fully saturated rings. The molecule has 0 bridgehead atoms. The summed E-state index contributed by atoms with van der Waals surface area (Å²) in [4.78, 5) is 10.8. The number of carbonyl (C=O) groups is 1. The maximum atomic E-state index is 10.8. The minimum absolute atomic E-state index is 0.00731. The number of hydrogen-bond donors (Lipinski definition) is 0. The van der Waals surface area contributed by atoms with Gasteiger partial charge in [0.25, 0.3) is 0 Å². The Bertz CT molecular complexity index is 995. The fourth-order valence-electron chi connectivity index (χ4n) is 7.11. The summed E-state index contributed by atoms with van der Waals surface area (Å²) in [7, 11) is 0. The SMILES string of the molecule is O=CCCCC=CC[C@@H]1[C@@H](C=C[C@H](CCc2ccccc2)OC2CCCCO2)[C@H](OC2CCCCO2)C[C@@H]1OC1CCCCO1. The second-order valence-electron chi connectivity index (χ2n) is 13.1. The Balaban J connectivity index is 1.34. The van der Waals surface area contributed by atoms with E-state index in [0.717, 1.165) is 122 Å². The normalized spacial score (nSPS) is 31.9. The predicted molar refractivity (Wildman–Crippen MR) is 175 cm³/mol. The lowest BCUT2D eigenvalue weighted by Gasteiger charge is -2.30. The standard InChI is InChI=1S/C38H56O7/c39-25-11-3-1-2-7-17-32-33(24-23-31(43-36-18-8-12-26-40-36)22-21-30-15-5-4-6-16-30)35(45-38-20-10-14-28-42-38)29-34(32)44-37-19-9-13-27-41-37/h2,4-7,15-16,23-25,31-38H,1,3,8-14,17-22,26-29H2/t31-,32+,33+,34-,35+,36?,37?,38?/m0/s1. The topological polar surface area (TPSA) is 72.5 Å². The van der Waals surface area contributed by atoms with Crippen LogP contribution in [0.2, 0.25) is 0 Å². The maximum Gasteiger partial charge on any atom is 0.158 e. The first-order chi connectivity index (χ1) is 22.3. The third-order valence-corrected chi connectivity index (χ3v) is 9.64. The van der Waals surface area contributed by atoms with Crippen LogP contribution in [0.3, 0.4) is 0 Å². The van der Waals surface area contributed by atoms with Crippen molar-refractivity contribution >= 4 is 6.29 Å². The van der Waals surface area contributed by atoms with Crippen LogP contribution in [0, 0.1) is 11.8 Å². The lowest BCUT2D eigenvalue weighted by molar-refractivity contribution is -0.203. The molecule has 7 nitrogen and oxygen atoms in total. The Morgan fingerprint density at radius 2 is 1.44 bits per heavy atom. The Morgan fingerprint density at radius 1 is 0.778 bits per heavy atom. The molecule has 45 heavy (non-hydrogen) atoms. The molecule has 5 rings (SSSR count). The quantitative estimate of drug-likeness (QED) is 0.0993. The minimum atomic E-state index is -0.162. The van der Waals surface area contributed by atoms with Gasteiger partial charge in [0, 0.05) is 38.6 Å². The third-order valence-electron chi connectivity index (χ3n) is 9.64. The molecule has 3 aliphatic heterocycles. The van der Waals surface area contributed by atoms with Gasteiger partial charge < -0.3 is 33.2 Å². The van der Waals surface area contributed by atoms with Gasteiger partial charge >= 0.3 is 0 Å². The molecule has 1 aromatic carbocycles. The zero-order chi connectivity index (χ0) is 30.9. The molecule has 7 heteroatoms.